The molecule has 0 saturated heterocycles. The van der Waals surface area contributed by atoms with Crippen LogP contribution in [0.2, 0.25) is 0 Å². The van der Waals surface area contributed by atoms with Crippen molar-refractivity contribution in [1.29, 1.82) is 0 Å². The van der Waals surface area contributed by atoms with E-state index >= 15 is 0 Å². The topological polar surface area (TPSA) is 88.8 Å². The van der Waals surface area contributed by atoms with E-state index in [1.54, 1.807) is 6.20 Å². The number of anilines is 4. The molecule has 0 unspecified atom stereocenters. The van der Waals surface area contributed by atoms with E-state index in [0.717, 1.165) is 18.5 Å². The minimum atomic E-state index is 0.480. The molecule has 0 spiro atoms. The molecule has 0 aliphatic carbocycles. The molecule has 0 aliphatic rings. The number of nitrogens with zero attached hydrogens (tertiary/aromatic N) is 3. The Morgan fingerprint density at radius 1 is 1.00 bits per heavy atom. The van der Waals surface area contributed by atoms with Gasteiger partial charge in [0.25, 0.3) is 0 Å². The Balaban J connectivity index is 1.66. The number of nitrogens with one attached hydrogen (secondary N) is 2. The smallest absolute Gasteiger partial charge is 0.160 e. The van der Waals surface area contributed by atoms with Gasteiger partial charge in [0, 0.05) is 12.7 Å². The molecule has 6 heteroatoms. The Kier molecular flexibility index (Phi) is 4.86. The Morgan fingerprint density at radius 2 is 1.79 bits per heavy atom. The van der Waals surface area contributed by atoms with Crippen molar-refractivity contribution in [1.82, 2.24) is 15.0 Å². The minimum Gasteiger partial charge on any atom is -0.393 e. The number of aryl methyl sites for hydroxylation is 1. The monoisotopic (exact) mass is 320 g/mol. The van der Waals surface area contributed by atoms with Crippen LogP contribution in [0.15, 0.2) is 55.0 Å². The molecule has 0 saturated carbocycles. The van der Waals surface area contributed by atoms with Crippen LogP contribution in [-0.2, 0) is 6.42 Å². The second-order valence-corrected chi connectivity index (χ2v) is 5.49. The Hall–Kier alpha value is -3.15. The minimum absolute atomic E-state index is 0.480. The predicted octanol–water partition coefficient (Wildman–Crippen LogP) is 3.16. The van der Waals surface area contributed by atoms with E-state index in [4.69, 9.17) is 5.73 Å². The third-order valence-electron chi connectivity index (χ3n) is 3.59. The van der Waals surface area contributed by atoms with E-state index in [1.165, 1.54) is 11.9 Å². The van der Waals surface area contributed by atoms with Gasteiger partial charge in [-0.05, 0) is 36.6 Å². The van der Waals surface area contributed by atoms with Gasteiger partial charge in [-0.3, -0.25) is 0 Å². The van der Waals surface area contributed by atoms with E-state index in [-0.39, 0.29) is 0 Å². The summed E-state index contributed by atoms with van der Waals surface area (Å²) in [5.41, 5.74) is 9.03. The third kappa shape index (κ3) is 3.98. The highest BCUT2D eigenvalue weighted by Crippen LogP contribution is 2.25. The van der Waals surface area contributed by atoms with Crippen molar-refractivity contribution in [2.75, 3.05) is 22.9 Å². The zero-order valence-electron chi connectivity index (χ0n) is 13.5. The van der Waals surface area contributed by atoms with E-state index in [9.17, 15) is 0 Å². The summed E-state index contributed by atoms with van der Waals surface area (Å²) in [6, 6.07) is 14.1. The first-order valence-electron chi connectivity index (χ1n) is 7.80. The fourth-order valence-electron chi connectivity index (χ4n) is 2.33. The Labute approximate surface area is 141 Å². The van der Waals surface area contributed by atoms with Crippen LogP contribution in [0.5, 0.6) is 0 Å². The molecule has 1 aromatic carbocycles. The number of benzene rings is 1. The van der Waals surface area contributed by atoms with Crippen LogP contribution in [0.4, 0.5) is 23.1 Å². The highest BCUT2D eigenvalue weighted by atomic mass is 15.1. The Bertz CT molecular complexity index is 804. The van der Waals surface area contributed by atoms with Crippen LogP contribution in [-0.4, -0.2) is 21.5 Å². The van der Waals surface area contributed by atoms with Crippen molar-refractivity contribution in [3.05, 3.63) is 66.1 Å². The summed E-state index contributed by atoms with van der Waals surface area (Å²) in [6.07, 6.45) is 4.12. The summed E-state index contributed by atoms with van der Waals surface area (Å²) < 4.78 is 0. The van der Waals surface area contributed by atoms with Crippen molar-refractivity contribution in [2.45, 2.75) is 13.3 Å². The fourth-order valence-corrected chi connectivity index (χ4v) is 2.33. The molecule has 24 heavy (non-hydrogen) atoms. The van der Waals surface area contributed by atoms with Gasteiger partial charge in [0.1, 0.15) is 17.8 Å². The van der Waals surface area contributed by atoms with Crippen molar-refractivity contribution < 1.29 is 0 Å². The molecule has 2 heterocycles. The van der Waals surface area contributed by atoms with Gasteiger partial charge in [0.05, 0.1) is 0 Å². The quantitative estimate of drug-likeness (QED) is 0.646. The normalized spacial score (nSPS) is 10.4. The van der Waals surface area contributed by atoms with Gasteiger partial charge in [-0.15, -0.1) is 0 Å². The van der Waals surface area contributed by atoms with Crippen LogP contribution < -0.4 is 16.4 Å². The number of hydrogen-bond acceptors (Lipinski definition) is 6. The largest absolute Gasteiger partial charge is 0.393 e. The number of nitrogens with two attached hydrogens (primary N) is 1. The molecule has 4 N–H and O–H groups in total. The first-order chi connectivity index (χ1) is 11.7. The van der Waals surface area contributed by atoms with Gasteiger partial charge in [-0.1, -0.05) is 30.3 Å². The van der Waals surface area contributed by atoms with Crippen molar-refractivity contribution >= 4 is 23.1 Å². The maximum absolute atomic E-state index is 6.17. The zero-order chi connectivity index (χ0) is 16.8. The molecular formula is C18H20N6. The maximum Gasteiger partial charge on any atom is 0.160 e. The van der Waals surface area contributed by atoms with Crippen LogP contribution in [0.1, 0.15) is 11.1 Å². The van der Waals surface area contributed by atoms with Crippen LogP contribution in [0.25, 0.3) is 0 Å². The number of nitrogen functional groups attached to an aromatic ring is 1. The van der Waals surface area contributed by atoms with Gasteiger partial charge in [0.15, 0.2) is 11.6 Å². The summed E-state index contributed by atoms with van der Waals surface area (Å²) in [6.45, 7) is 2.75. The van der Waals surface area contributed by atoms with Gasteiger partial charge in [-0.25, -0.2) is 15.0 Å². The molecule has 122 valence electrons. The molecule has 3 rings (SSSR count). The molecule has 2 aromatic heterocycles. The predicted molar refractivity (Wildman–Crippen MR) is 97.3 cm³/mol. The molecule has 0 bridgehead atoms. The van der Waals surface area contributed by atoms with Crippen molar-refractivity contribution in [2.24, 2.45) is 0 Å². The molecule has 0 amide bonds. The second-order valence-electron chi connectivity index (χ2n) is 5.49. The summed E-state index contributed by atoms with van der Waals surface area (Å²) >= 11 is 0. The van der Waals surface area contributed by atoms with Crippen LogP contribution in [0, 0.1) is 6.92 Å². The highest BCUT2D eigenvalue weighted by molar-refractivity contribution is 5.76. The van der Waals surface area contributed by atoms with E-state index in [2.05, 4.69) is 37.7 Å². The van der Waals surface area contributed by atoms with Crippen LogP contribution >= 0.6 is 0 Å². The second kappa shape index (κ2) is 7.41. The van der Waals surface area contributed by atoms with Crippen molar-refractivity contribution in [3.63, 3.8) is 0 Å². The molecule has 3 aromatic rings. The summed E-state index contributed by atoms with van der Waals surface area (Å²) in [5.74, 6) is 1.87. The lowest BCUT2D eigenvalue weighted by molar-refractivity contribution is 1.00. The number of pyridine rings is 1. The van der Waals surface area contributed by atoms with Gasteiger partial charge in [-0.2, -0.15) is 0 Å². The number of aromatic nitrogens is 3. The van der Waals surface area contributed by atoms with Gasteiger partial charge >= 0.3 is 0 Å². The Morgan fingerprint density at radius 3 is 2.58 bits per heavy atom. The van der Waals surface area contributed by atoms with Crippen LogP contribution in [0.3, 0.4) is 0 Å². The average molecular weight is 320 g/mol. The first kappa shape index (κ1) is 15.7. The average Bonchev–Trinajstić information content (AvgIpc) is 2.59. The first-order valence-corrected chi connectivity index (χ1v) is 7.80. The van der Waals surface area contributed by atoms with E-state index in [1.807, 2.05) is 37.3 Å². The van der Waals surface area contributed by atoms with Gasteiger partial charge < -0.3 is 16.4 Å². The van der Waals surface area contributed by atoms with E-state index < -0.39 is 0 Å². The highest BCUT2D eigenvalue weighted by Gasteiger charge is 2.08. The molecular weight excluding hydrogens is 300 g/mol. The fraction of sp³-hybridized carbons (Fsp3) is 0.167. The lowest BCUT2D eigenvalue weighted by Gasteiger charge is -2.12. The molecule has 0 fully saturated rings. The standard InChI is InChI=1S/C18H20N6/c1-13-7-9-20-15(11-13)24-18-16(19)17(22-12-23-18)21-10-8-14-5-3-2-4-6-14/h2-7,9,11-12H,8,10,19H2,1H3,(H2,20,21,22,23,24). The summed E-state index contributed by atoms with van der Waals surface area (Å²) in [4.78, 5) is 12.7. The molecule has 6 nitrogen and oxygen atoms in total. The number of rotatable bonds is 6. The molecule has 0 radical (unpaired) electrons. The van der Waals surface area contributed by atoms with Gasteiger partial charge in [0.2, 0.25) is 0 Å². The summed E-state index contributed by atoms with van der Waals surface area (Å²) in [7, 11) is 0. The lowest BCUT2D eigenvalue weighted by Crippen LogP contribution is -2.11. The molecule has 0 aliphatic heterocycles. The van der Waals surface area contributed by atoms with Crippen molar-refractivity contribution in [3.8, 4) is 0 Å². The third-order valence-corrected chi connectivity index (χ3v) is 3.59. The number of hydrogen-bond donors (Lipinski definition) is 3. The SMILES string of the molecule is Cc1ccnc(Nc2ncnc(NCCc3ccccc3)c2N)c1. The lowest BCUT2D eigenvalue weighted by atomic mass is 10.1. The van der Waals surface area contributed by atoms with E-state index in [0.29, 0.717) is 23.1 Å². The summed E-state index contributed by atoms with van der Waals surface area (Å²) in [5, 5.41) is 6.40. The molecule has 0 atom stereocenters. The maximum atomic E-state index is 6.17. The zero-order valence-corrected chi connectivity index (χ0v) is 13.5.